The summed E-state index contributed by atoms with van der Waals surface area (Å²) in [6.07, 6.45) is -0.787. The van der Waals surface area contributed by atoms with Gasteiger partial charge < -0.3 is 19.5 Å². The van der Waals surface area contributed by atoms with Gasteiger partial charge in [0.05, 0.1) is 14.2 Å². The Kier molecular flexibility index (Phi) is 6.23. The molecule has 0 saturated carbocycles. The van der Waals surface area contributed by atoms with Crippen LogP contribution in [0.4, 0.5) is 5.82 Å². The fourth-order valence-electron chi connectivity index (χ4n) is 2.61. The average molecular weight is 418 g/mol. The summed E-state index contributed by atoms with van der Waals surface area (Å²) >= 11 is 6.01. The van der Waals surface area contributed by atoms with E-state index in [9.17, 15) is 4.79 Å². The van der Waals surface area contributed by atoms with E-state index in [-0.39, 0.29) is 5.82 Å². The first-order valence-electron chi connectivity index (χ1n) is 8.71. The van der Waals surface area contributed by atoms with Gasteiger partial charge in [-0.1, -0.05) is 11.6 Å². The second kappa shape index (κ2) is 8.83. The molecule has 0 spiro atoms. The summed E-state index contributed by atoms with van der Waals surface area (Å²) in [5, 5.41) is 11.0. The van der Waals surface area contributed by atoms with Crippen molar-refractivity contribution in [3.63, 3.8) is 0 Å². The first kappa shape index (κ1) is 20.5. The lowest BCUT2D eigenvalue weighted by atomic mass is 10.1. The van der Waals surface area contributed by atoms with Crippen LogP contribution in [0.15, 0.2) is 41.0 Å². The Balaban J connectivity index is 1.75. The van der Waals surface area contributed by atoms with Gasteiger partial charge in [0.15, 0.2) is 23.3 Å². The monoisotopic (exact) mass is 417 g/mol. The molecule has 0 bridgehead atoms. The minimum absolute atomic E-state index is 0.171. The highest BCUT2D eigenvalue weighted by atomic mass is 35.5. The number of benzene rings is 2. The molecule has 3 rings (SSSR count). The van der Waals surface area contributed by atoms with Crippen LogP contribution in [0.1, 0.15) is 12.5 Å². The summed E-state index contributed by atoms with van der Waals surface area (Å²) in [7, 11) is 3.08. The van der Waals surface area contributed by atoms with Crippen LogP contribution in [0.3, 0.4) is 0 Å². The predicted octanol–water partition coefficient (Wildman–Crippen LogP) is 4.12. The van der Waals surface area contributed by atoms with Crippen molar-refractivity contribution >= 4 is 23.3 Å². The molecule has 152 valence electrons. The molecule has 8 nitrogen and oxygen atoms in total. The van der Waals surface area contributed by atoms with E-state index in [4.69, 9.17) is 30.4 Å². The molecule has 1 amide bonds. The number of hydrogen-bond acceptors (Lipinski definition) is 7. The third-order valence-corrected chi connectivity index (χ3v) is 4.62. The van der Waals surface area contributed by atoms with Crippen molar-refractivity contribution in [2.45, 2.75) is 20.0 Å². The minimum Gasteiger partial charge on any atom is -0.493 e. The lowest BCUT2D eigenvalue weighted by molar-refractivity contribution is -0.122. The van der Waals surface area contributed by atoms with E-state index in [1.807, 2.05) is 6.92 Å². The molecule has 0 aliphatic heterocycles. The van der Waals surface area contributed by atoms with Crippen LogP contribution in [-0.4, -0.2) is 36.5 Å². The number of halogens is 1. The number of amides is 1. The third kappa shape index (κ3) is 4.60. The molecule has 29 heavy (non-hydrogen) atoms. The molecule has 0 aliphatic rings. The Bertz CT molecular complexity index is 1020. The maximum atomic E-state index is 12.6. The highest BCUT2D eigenvalue weighted by molar-refractivity contribution is 6.31. The Morgan fingerprint density at radius 2 is 1.86 bits per heavy atom. The summed E-state index contributed by atoms with van der Waals surface area (Å²) in [4.78, 5) is 12.6. The second-order valence-electron chi connectivity index (χ2n) is 6.19. The summed E-state index contributed by atoms with van der Waals surface area (Å²) < 4.78 is 21.0. The quantitative estimate of drug-likeness (QED) is 0.617. The Morgan fingerprint density at radius 3 is 2.55 bits per heavy atom. The molecule has 0 fully saturated rings. The van der Waals surface area contributed by atoms with Crippen LogP contribution in [0.2, 0.25) is 5.02 Å². The molecule has 0 aliphatic carbocycles. The predicted molar refractivity (Wildman–Crippen MR) is 108 cm³/mol. The lowest BCUT2D eigenvalue weighted by Crippen LogP contribution is -2.30. The normalized spacial score (nSPS) is 11.6. The van der Waals surface area contributed by atoms with Gasteiger partial charge in [0.1, 0.15) is 5.75 Å². The van der Waals surface area contributed by atoms with Gasteiger partial charge in [0.25, 0.3) is 5.91 Å². The van der Waals surface area contributed by atoms with Gasteiger partial charge in [-0.15, -0.1) is 0 Å². The molecule has 1 aromatic heterocycles. The Hall–Kier alpha value is -3.26. The van der Waals surface area contributed by atoms with Gasteiger partial charge in [-0.25, -0.2) is 4.63 Å². The number of carbonyl (C=O) groups is 1. The van der Waals surface area contributed by atoms with Crippen molar-refractivity contribution in [1.29, 1.82) is 0 Å². The van der Waals surface area contributed by atoms with Gasteiger partial charge in [-0.2, -0.15) is 0 Å². The lowest BCUT2D eigenvalue weighted by Gasteiger charge is -2.14. The van der Waals surface area contributed by atoms with Crippen molar-refractivity contribution < 1.29 is 23.6 Å². The van der Waals surface area contributed by atoms with E-state index in [1.165, 1.54) is 7.11 Å². The molecule has 1 heterocycles. The highest BCUT2D eigenvalue weighted by Gasteiger charge is 2.21. The van der Waals surface area contributed by atoms with Gasteiger partial charge in [0, 0.05) is 10.6 Å². The van der Waals surface area contributed by atoms with Crippen LogP contribution in [0.25, 0.3) is 11.3 Å². The van der Waals surface area contributed by atoms with Crippen LogP contribution < -0.4 is 19.5 Å². The first-order chi connectivity index (χ1) is 13.9. The molecule has 1 atom stereocenters. The Morgan fingerprint density at radius 1 is 1.10 bits per heavy atom. The largest absolute Gasteiger partial charge is 0.493 e. The number of aryl methyl sites for hydroxylation is 1. The van der Waals surface area contributed by atoms with E-state index >= 15 is 0 Å². The number of methoxy groups -OCH3 is 2. The average Bonchev–Trinajstić information content (AvgIpc) is 3.18. The molecule has 0 radical (unpaired) electrons. The smallest absolute Gasteiger partial charge is 0.266 e. The minimum atomic E-state index is -0.787. The summed E-state index contributed by atoms with van der Waals surface area (Å²) in [5.74, 6) is 1.38. The number of carbonyl (C=O) groups excluding carboxylic acids is 1. The fraction of sp³-hybridized carbons (Fsp3) is 0.250. The zero-order valence-corrected chi connectivity index (χ0v) is 17.1. The number of ether oxygens (including phenoxy) is 3. The molecular formula is C20H20ClN3O5. The van der Waals surface area contributed by atoms with Crippen molar-refractivity contribution in [1.82, 2.24) is 10.3 Å². The zero-order valence-electron chi connectivity index (χ0n) is 16.4. The fourth-order valence-corrected chi connectivity index (χ4v) is 2.73. The van der Waals surface area contributed by atoms with Crippen LogP contribution >= 0.6 is 11.6 Å². The highest BCUT2D eigenvalue weighted by Crippen LogP contribution is 2.34. The van der Waals surface area contributed by atoms with E-state index in [2.05, 4.69) is 15.6 Å². The third-order valence-electron chi connectivity index (χ3n) is 4.20. The summed E-state index contributed by atoms with van der Waals surface area (Å²) in [6.45, 7) is 3.49. The van der Waals surface area contributed by atoms with Crippen molar-refractivity contribution in [3.05, 3.63) is 47.0 Å². The van der Waals surface area contributed by atoms with Crippen molar-refractivity contribution in [2.75, 3.05) is 19.5 Å². The number of nitrogens with zero attached hydrogens (tertiary/aromatic N) is 2. The molecule has 2 aromatic carbocycles. The number of hydrogen-bond donors (Lipinski definition) is 1. The van der Waals surface area contributed by atoms with Crippen LogP contribution in [0.5, 0.6) is 17.2 Å². The van der Waals surface area contributed by atoms with Crippen LogP contribution in [0, 0.1) is 6.92 Å². The molecule has 3 aromatic rings. The zero-order chi connectivity index (χ0) is 21.0. The van der Waals surface area contributed by atoms with E-state index in [0.717, 1.165) is 5.56 Å². The maximum absolute atomic E-state index is 12.6. The first-order valence-corrected chi connectivity index (χ1v) is 9.09. The van der Waals surface area contributed by atoms with E-state index in [1.54, 1.807) is 50.4 Å². The van der Waals surface area contributed by atoms with Gasteiger partial charge in [-0.05, 0) is 66.1 Å². The number of anilines is 1. The molecule has 0 saturated heterocycles. The van der Waals surface area contributed by atoms with Gasteiger partial charge >= 0.3 is 0 Å². The summed E-state index contributed by atoms with van der Waals surface area (Å²) in [5.41, 5.74) is 1.85. The Labute approximate surface area is 172 Å². The van der Waals surface area contributed by atoms with Gasteiger partial charge in [-0.3, -0.25) is 4.79 Å². The maximum Gasteiger partial charge on any atom is 0.266 e. The molecule has 0 unspecified atom stereocenters. The number of aromatic nitrogens is 2. The topological polar surface area (TPSA) is 95.7 Å². The summed E-state index contributed by atoms with van der Waals surface area (Å²) in [6, 6.07) is 10.4. The van der Waals surface area contributed by atoms with Crippen molar-refractivity contribution in [2.24, 2.45) is 0 Å². The van der Waals surface area contributed by atoms with E-state index in [0.29, 0.717) is 33.5 Å². The van der Waals surface area contributed by atoms with Crippen LogP contribution in [-0.2, 0) is 4.79 Å². The van der Waals surface area contributed by atoms with E-state index < -0.39 is 12.0 Å². The molecule has 9 heteroatoms. The molecule has 1 N–H and O–H groups in total. The van der Waals surface area contributed by atoms with Crippen molar-refractivity contribution in [3.8, 4) is 28.5 Å². The number of rotatable bonds is 7. The number of nitrogens with one attached hydrogen (secondary N) is 1. The standard InChI is InChI=1S/C20H20ClN3O5/c1-11-9-14(6-7-15(11)21)28-12(2)20(25)22-19-18(23-29-24-19)13-5-8-16(26-3)17(10-13)27-4/h5-10,12H,1-4H3,(H,22,24,25)/t12-/m0/s1. The molecular weight excluding hydrogens is 398 g/mol. The van der Waals surface area contributed by atoms with Gasteiger partial charge in [0.2, 0.25) is 5.82 Å². The second-order valence-corrected chi connectivity index (χ2v) is 6.60. The SMILES string of the molecule is COc1ccc(-c2nonc2NC(=O)[C@H](C)Oc2ccc(Cl)c(C)c2)cc1OC.